The molecule has 0 radical (unpaired) electrons. The Labute approximate surface area is 135 Å². The predicted molar refractivity (Wildman–Crippen MR) is 86.9 cm³/mol. The number of aromatic nitrogens is 2. The number of carbonyl (C=O) groups is 1. The van der Waals surface area contributed by atoms with Gasteiger partial charge in [-0.2, -0.15) is 5.10 Å². The summed E-state index contributed by atoms with van der Waals surface area (Å²) >= 11 is 5.95. The lowest BCUT2D eigenvalue weighted by Gasteiger charge is -2.08. The highest BCUT2D eigenvalue weighted by atomic mass is 35.5. The van der Waals surface area contributed by atoms with Gasteiger partial charge in [-0.25, -0.2) is 0 Å². The second kappa shape index (κ2) is 6.53. The third-order valence-electron chi connectivity index (χ3n) is 4.18. The number of benzene rings is 1. The maximum absolute atomic E-state index is 12.0. The number of hydrogen-bond donors (Lipinski definition) is 1. The first kappa shape index (κ1) is 15.1. The van der Waals surface area contributed by atoms with Crippen molar-refractivity contribution in [3.05, 3.63) is 51.8 Å². The van der Waals surface area contributed by atoms with Gasteiger partial charge in [-0.05, 0) is 48.9 Å². The molecule has 1 aromatic heterocycles. The molecule has 0 saturated heterocycles. The molecule has 4 nitrogen and oxygen atoms in total. The van der Waals surface area contributed by atoms with Crippen molar-refractivity contribution in [2.24, 2.45) is 7.05 Å². The normalized spacial score (nSPS) is 13.2. The molecule has 2 aromatic rings. The maximum Gasteiger partial charge on any atom is 0.220 e. The highest BCUT2D eigenvalue weighted by Gasteiger charge is 2.20. The summed E-state index contributed by atoms with van der Waals surface area (Å²) in [4.78, 5) is 12.0. The van der Waals surface area contributed by atoms with Gasteiger partial charge in [0.2, 0.25) is 5.91 Å². The molecule has 1 heterocycles. The Bertz CT molecular complexity index is 693. The summed E-state index contributed by atoms with van der Waals surface area (Å²) in [6.45, 7) is 0.563. The molecule has 0 bridgehead atoms. The van der Waals surface area contributed by atoms with Crippen molar-refractivity contribution in [3.63, 3.8) is 0 Å². The van der Waals surface area contributed by atoms with Crippen LogP contribution in [0.2, 0.25) is 5.02 Å². The Morgan fingerprint density at radius 3 is 3.09 bits per heavy atom. The van der Waals surface area contributed by atoms with Crippen LogP contribution in [0.5, 0.6) is 0 Å². The minimum Gasteiger partial charge on any atom is -0.350 e. The van der Waals surface area contributed by atoms with Crippen molar-refractivity contribution >= 4 is 17.5 Å². The predicted octanol–water partition coefficient (Wildman–Crippen LogP) is 2.81. The van der Waals surface area contributed by atoms with E-state index in [0.29, 0.717) is 24.4 Å². The van der Waals surface area contributed by atoms with Crippen LogP contribution < -0.4 is 5.32 Å². The second-order valence-corrected chi connectivity index (χ2v) is 6.19. The number of nitrogens with zero attached hydrogens (tertiary/aromatic N) is 2. The van der Waals surface area contributed by atoms with Crippen LogP contribution in [0, 0.1) is 0 Å². The molecule has 1 aromatic carbocycles. The molecule has 116 valence electrons. The Balaban J connectivity index is 1.53. The molecular weight excluding hydrogens is 298 g/mol. The third kappa shape index (κ3) is 3.33. The number of carbonyl (C=O) groups excluding carboxylic acids is 1. The van der Waals surface area contributed by atoms with Crippen LogP contribution in [0.1, 0.15) is 35.4 Å². The average molecular weight is 318 g/mol. The number of halogens is 1. The molecular formula is C17H20ClN3O. The van der Waals surface area contributed by atoms with E-state index in [9.17, 15) is 4.79 Å². The number of nitrogens with one attached hydrogen (secondary N) is 1. The topological polar surface area (TPSA) is 46.9 Å². The number of aryl methyl sites for hydroxylation is 3. The zero-order chi connectivity index (χ0) is 15.5. The van der Waals surface area contributed by atoms with E-state index in [1.54, 1.807) is 0 Å². The quantitative estimate of drug-likeness (QED) is 0.921. The van der Waals surface area contributed by atoms with E-state index in [1.165, 1.54) is 17.7 Å². The van der Waals surface area contributed by atoms with Gasteiger partial charge in [0.15, 0.2) is 0 Å². The summed E-state index contributed by atoms with van der Waals surface area (Å²) in [5.41, 5.74) is 4.76. The zero-order valence-corrected chi connectivity index (χ0v) is 13.5. The summed E-state index contributed by atoms with van der Waals surface area (Å²) in [5, 5.41) is 8.24. The summed E-state index contributed by atoms with van der Waals surface area (Å²) in [7, 11) is 1.95. The molecule has 3 rings (SSSR count). The fourth-order valence-electron chi connectivity index (χ4n) is 3.03. The summed E-state index contributed by atoms with van der Waals surface area (Å²) in [5.74, 6) is 0.0629. The second-order valence-electron chi connectivity index (χ2n) is 5.76. The lowest BCUT2D eigenvalue weighted by Crippen LogP contribution is -2.24. The Morgan fingerprint density at radius 1 is 1.41 bits per heavy atom. The smallest absolute Gasteiger partial charge is 0.220 e. The van der Waals surface area contributed by atoms with E-state index in [4.69, 9.17) is 11.6 Å². The Kier molecular flexibility index (Phi) is 4.48. The van der Waals surface area contributed by atoms with Crippen molar-refractivity contribution in [2.45, 2.75) is 38.6 Å². The number of rotatable bonds is 5. The minimum absolute atomic E-state index is 0.0629. The van der Waals surface area contributed by atoms with E-state index in [-0.39, 0.29) is 5.91 Å². The Morgan fingerprint density at radius 2 is 2.27 bits per heavy atom. The first-order valence-electron chi connectivity index (χ1n) is 7.68. The third-order valence-corrected chi connectivity index (χ3v) is 4.42. The summed E-state index contributed by atoms with van der Waals surface area (Å²) in [6, 6.07) is 7.65. The molecule has 0 atom stereocenters. The molecule has 0 spiro atoms. The van der Waals surface area contributed by atoms with Gasteiger partial charge in [0.1, 0.15) is 0 Å². The molecule has 1 N–H and O–H groups in total. The molecule has 22 heavy (non-hydrogen) atoms. The molecule has 1 aliphatic rings. The van der Waals surface area contributed by atoms with Crippen LogP contribution in [0.25, 0.3) is 0 Å². The van der Waals surface area contributed by atoms with E-state index in [0.717, 1.165) is 24.1 Å². The van der Waals surface area contributed by atoms with Gasteiger partial charge in [-0.1, -0.05) is 23.7 Å². The van der Waals surface area contributed by atoms with Gasteiger partial charge in [0.25, 0.3) is 0 Å². The van der Waals surface area contributed by atoms with Crippen molar-refractivity contribution in [3.8, 4) is 0 Å². The van der Waals surface area contributed by atoms with Gasteiger partial charge in [0, 0.05) is 18.5 Å². The van der Waals surface area contributed by atoms with Gasteiger partial charge in [0.05, 0.1) is 17.9 Å². The first-order chi connectivity index (χ1) is 10.6. The first-order valence-corrected chi connectivity index (χ1v) is 8.06. The van der Waals surface area contributed by atoms with E-state index in [2.05, 4.69) is 10.4 Å². The largest absolute Gasteiger partial charge is 0.350 e. The number of amides is 1. The molecule has 0 aliphatic heterocycles. The highest BCUT2D eigenvalue weighted by Crippen LogP contribution is 2.24. The lowest BCUT2D eigenvalue weighted by atomic mass is 10.1. The molecule has 0 saturated carbocycles. The maximum atomic E-state index is 12.0. The van der Waals surface area contributed by atoms with Crippen LogP contribution in [0.4, 0.5) is 0 Å². The molecule has 0 unspecified atom stereocenters. The van der Waals surface area contributed by atoms with Crippen LogP contribution in [0.3, 0.4) is 0 Å². The van der Waals surface area contributed by atoms with Crippen LogP contribution in [0.15, 0.2) is 24.3 Å². The van der Waals surface area contributed by atoms with Gasteiger partial charge < -0.3 is 5.32 Å². The van der Waals surface area contributed by atoms with E-state index in [1.807, 2.05) is 36.0 Å². The van der Waals surface area contributed by atoms with Crippen molar-refractivity contribution in [1.29, 1.82) is 0 Å². The molecule has 1 amide bonds. The van der Waals surface area contributed by atoms with Gasteiger partial charge in [-0.15, -0.1) is 0 Å². The van der Waals surface area contributed by atoms with Gasteiger partial charge >= 0.3 is 0 Å². The number of hydrogen-bond acceptors (Lipinski definition) is 2. The monoisotopic (exact) mass is 317 g/mol. The van der Waals surface area contributed by atoms with E-state index < -0.39 is 0 Å². The van der Waals surface area contributed by atoms with Crippen molar-refractivity contribution in [1.82, 2.24) is 15.1 Å². The standard InChI is InChI=1S/C17H20ClN3O/c1-21-16(14-6-3-7-15(14)20-21)11-19-17(22)9-8-12-4-2-5-13(18)10-12/h2,4-5,10H,3,6-9,11H2,1H3,(H,19,22). The Hall–Kier alpha value is -1.81. The van der Waals surface area contributed by atoms with E-state index >= 15 is 0 Å². The molecule has 1 aliphatic carbocycles. The fraction of sp³-hybridized carbons (Fsp3) is 0.412. The van der Waals surface area contributed by atoms with Gasteiger partial charge in [-0.3, -0.25) is 9.48 Å². The molecule has 5 heteroatoms. The van der Waals surface area contributed by atoms with Crippen molar-refractivity contribution in [2.75, 3.05) is 0 Å². The zero-order valence-electron chi connectivity index (χ0n) is 12.7. The summed E-state index contributed by atoms with van der Waals surface area (Å²) in [6.07, 6.45) is 4.49. The number of fused-ring (bicyclic) bond motifs is 1. The SMILES string of the molecule is Cn1nc2c(c1CNC(=O)CCc1cccc(Cl)c1)CCC2. The van der Waals surface area contributed by atoms with Crippen molar-refractivity contribution < 1.29 is 4.79 Å². The fourth-order valence-corrected chi connectivity index (χ4v) is 3.24. The van der Waals surface area contributed by atoms with Crippen LogP contribution in [-0.2, 0) is 37.6 Å². The minimum atomic E-state index is 0.0629. The molecule has 0 fully saturated rings. The lowest BCUT2D eigenvalue weighted by molar-refractivity contribution is -0.121. The average Bonchev–Trinajstić information content (AvgIpc) is 3.04. The van der Waals surface area contributed by atoms with Crippen LogP contribution >= 0.6 is 11.6 Å². The summed E-state index contributed by atoms with van der Waals surface area (Å²) < 4.78 is 1.90. The van der Waals surface area contributed by atoms with Crippen LogP contribution in [-0.4, -0.2) is 15.7 Å². The highest BCUT2D eigenvalue weighted by molar-refractivity contribution is 6.30.